The van der Waals surface area contributed by atoms with Gasteiger partial charge in [0.05, 0.1) is 6.04 Å². The SMILES string of the molecule is CC[C@H](C)[NH2+]Cc1ccc(Cl)cc1. The van der Waals surface area contributed by atoms with E-state index in [-0.39, 0.29) is 0 Å². The van der Waals surface area contributed by atoms with E-state index in [4.69, 9.17) is 11.6 Å². The number of rotatable bonds is 4. The number of benzene rings is 1. The first kappa shape index (κ1) is 10.6. The highest BCUT2D eigenvalue weighted by molar-refractivity contribution is 6.30. The van der Waals surface area contributed by atoms with Crippen molar-refractivity contribution in [3.8, 4) is 0 Å². The molecule has 72 valence electrons. The van der Waals surface area contributed by atoms with Crippen LogP contribution < -0.4 is 5.32 Å². The first-order chi connectivity index (χ1) is 6.22. The number of hydrogen-bond donors (Lipinski definition) is 1. The molecule has 1 rings (SSSR count). The Bertz CT molecular complexity index is 243. The molecule has 0 aromatic heterocycles. The van der Waals surface area contributed by atoms with Gasteiger partial charge in [0, 0.05) is 10.6 Å². The van der Waals surface area contributed by atoms with Crippen LogP contribution in [0.2, 0.25) is 5.02 Å². The summed E-state index contributed by atoms with van der Waals surface area (Å²) in [6, 6.07) is 8.76. The molecule has 0 unspecified atom stereocenters. The highest BCUT2D eigenvalue weighted by Crippen LogP contribution is 2.08. The van der Waals surface area contributed by atoms with Crippen molar-refractivity contribution in [1.82, 2.24) is 0 Å². The van der Waals surface area contributed by atoms with Gasteiger partial charge in [-0.15, -0.1) is 0 Å². The van der Waals surface area contributed by atoms with E-state index in [0.29, 0.717) is 6.04 Å². The Morgan fingerprint density at radius 2 is 1.92 bits per heavy atom. The minimum atomic E-state index is 0.704. The molecule has 13 heavy (non-hydrogen) atoms. The maximum Gasteiger partial charge on any atom is 0.101 e. The molecule has 0 saturated carbocycles. The second kappa shape index (κ2) is 5.25. The van der Waals surface area contributed by atoms with Crippen LogP contribution in [0.5, 0.6) is 0 Å². The molecular formula is C11H17ClN+. The largest absolute Gasteiger partial charge is 0.340 e. The predicted octanol–water partition coefficient (Wildman–Crippen LogP) is 2.20. The Morgan fingerprint density at radius 3 is 2.46 bits per heavy atom. The van der Waals surface area contributed by atoms with E-state index >= 15 is 0 Å². The molecule has 0 amide bonds. The first-order valence-corrected chi connectivity index (χ1v) is 5.18. The summed E-state index contributed by atoms with van der Waals surface area (Å²) in [7, 11) is 0. The molecular weight excluding hydrogens is 182 g/mol. The topological polar surface area (TPSA) is 16.6 Å². The normalized spacial score (nSPS) is 12.8. The van der Waals surface area contributed by atoms with Crippen LogP contribution in [0.1, 0.15) is 25.8 Å². The zero-order valence-electron chi connectivity index (χ0n) is 8.26. The predicted molar refractivity (Wildman–Crippen MR) is 56.8 cm³/mol. The highest BCUT2D eigenvalue weighted by Gasteiger charge is 2.01. The molecule has 0 heterocycles. The summed E-state index contributed by atoms with van der Waals surface area (Å²) >= 11 is 5.79. The molecule has 0 spiro atoms. The average molecular weight is 199 g/mol. The molecule has 1 nitrogen and oxygen atoms in total. The fourth-order valence-corrected chi connectivity index (χ4v) is 1.25. The van der Waals surface area contributed by atoms with Crippen molar-refractivity contribution in [2.45, 2.75) is 32.9 Å². The van der Waals surface area contributed by atoms with Crippen LogP contribution in [0.15, 0.2) is 24.3 Å². The quantitative estimate of drug-likeness (QED) is 0.764. The van der Waals surface area contributed by atoms with Gasteiger partial charge in [-0.1, -0.05) is 30.7 Å². The van der Waals surface area contributed by atoms with Gasteiger partial charge in [0.25, 0.3) is 0 Å². The van der Waals surface area contributed by atoms with Crippen LogP contribution in [0, 0.1) is 0 Å². The van der Waals surface area contributed by atoms with Gasteiger partial charge in [-0.05, 0) is 25.5 Å². The summed E-state index contributed by atoms with van der Waals surface area (Å²) in [5, 5.41) is 3.16. The highest BCUT2D eigenvalue weighted by atomic mass is 35.5. The van der Waals surface area contributed by atoms with E-state index in [1.54, 1.807) is 0 Å². The Balaban J connectivity index is 2.41. The zero-order chi connectivity index (χ0) is 9.68. The van der Waals surface area contributed by atoms with Gasteiger partial charge in [-0.2, -0.15) is 0 Å². The second-order valence-corrected chi connectivity index (χ2v) is 3.89. The Kier molecular flexibility index (Phi) is 4.26. The van der Waals surface area contributed by atoms with Crippen molar-refractivity contribution in [2.75, 3.05) is 0 Å². The van der Waals surface area contributed by atoms with Gasteiger partial charge >= 0.3 is 0 Å². The van der Waals surface area contributed by atoms with Crippen molar-refractivity contribution >= 4 is 11.6 Å². The maximum absolute atomic E-state index is 5.79. The number of hydrogen-bond acceptors (Lipinski definition) is 0. The number of halogens is 1. The third-order valence-electron chi connectivity index (χ3n) is 2.31. The van der Waals surface area contributed by atoms with Gasteiger partial charge in [-0.25, -0.2) is 0 Å². The summed E-state index contributed by atoms with van der Waals surface area (Å²) in [5.74, 6) is 0. The van der Waals surface area contributed by atoms with Gasteiger partial charge in [-0.3, -0.25) is 0 Å². The molecule has 0 aliphatic carbocycles. The summed E-state index contributed by atoms with van der Waals surface area (Å²) in [6.45, 7) is 5.51. The van der Waals surface area contributed by atoms with E-state index in [9.17, 15) is 0 Å². The maximum atomic E-state index is 5.79. The van der Waals surface area contributed by atoms with Crippen molar-refractivity contribution < 1.29 is 5.32 Å². The summed E-state index contributed by atoms with van der Waals surface area (Å²) in [6.07, 6.45) is 1.22. The lowest BCUT2D eigenvalue weighted by atomic mass is 10.2. The molecule has 2 heteroatoms. The van der Waals surface area contributed by atoms with Crippen molar-refractivity contribution in [2.24, 2.45) is 0 Å². The van der Waals surface area contributed by atoms with Crippen LogP contribution in [0.3, 0.4) is 0 Å². The smallest absolute Gasteiger partial charge is 0.101 e. The monoisotopic (exact) mass is 198 g/mol. The van der Waals surface area contributed by atoms with Crippen LogP contribution in [-0.2, 0) is 6.54 Å². The van der Waals surface area contributed by atoms with Crippen LogP contribution in [0.25, 0.3) is 0 Å². The zero-order valence-corrected chi connectivity index (χ0v) is 9.01. The molecule has 0 fully saturated rings. The molecule has 1 atom stereocenters. The molecule has 2 N–H and O–H groups in total. The van der Waals surface area contributed by atoms with Crippen LogP contribution >= 0.6 is 11.6 Å². The van der Waals surface area contributed by atoms with E-state index in [2.05, 4.69) is 31.3 Å². The fraction of sp³-hybridized carbons (Fsp3) is 0.455. The van der Waals surface area contributed by atoms with Gasteiger partial charge in [0.15, 0.2) is 0 Å². The third-order valence-corrected chi connectivity index (χ3v) is 2.57. The van der Waals surface area contributed by atoms with Crippen molar-refractivity contribution in [3.63, 3.8) is 0 Å². The summed E-state index contributed by atoms with van der Waals surface area (Å²) in [4.78, 5) is 0. The molecule has 1 aromatic carbocycles. The van der Waals surface area contributed by atoms with Gasteiger partial charge in [0.2, 0.25) is 0 Å². The van der Waals surface area contributed by atoms with Crippen LogP contribution in [0.4, 0.5) is 0 Å². The Hall–Kier alpha value is -0.530. The minimum Gasteiger partial charge on any atom is -0.340 e. The Morgan fingerprint density at radius 1 is 1.31 bits per heavy atom. The molecule has 0 radical (unpaired) electrons. The number of nitrogens with two attached hydrogens (primary N) is 1. The Labute approximate surface area is 85.1 Å². The number of quaternary nitrogens is 1. The molecule has 0 aliphatic rings. The lowest BCUT2D eigenvalue weighted by molar-refractivity contribution is -0.701. The van der Waals surface area contributed by atoms with Crippen molar-refractivity contribution in [1.29, 1.82) is 0 Å². The summed E-state index contributed by atoms with van der Waals surface area (Å²) < 4.78 is 0. The minimum absolute atomic E-state index is 0.704. The standard InChI is InChI=1S/C11H16ClN/c1-3-9(2)13-8-10-4-6-11(12)7-5-10/h4-7,9,13H,3,8H2,1-2H3/p+1/t9-/m0/s1. The summed E-state index contributed by atoms with van der Waals surface area (Å²) in [5.41, 5.74) is 1.34. The van der Waals surface area contributed by atoms with E-state index in [0.717, 1.165) is 11.6 Å². The van der Waals surface area contributed by atoms with Crippen molar-refractivity contribution in [3.05, 3.63) is 34.9 Å². The molecule has 1 aromatic rings. The molecule has 0 aliphatic heterocycles. The van der Waals surface area contributed by atoms with Gasteiger partial charge in [0.1, 0.15) is 6.54 Å². The van der Waals surface area contributed by atoms with Crippen LogP contribution in [-0.4, -0.2) is 6.04 Å². The van der Waals surface area contributed by atoms with E-state index in [1.165, 1.54) is 12.0 Å². The lowest BCUT2D eigenvalue weighted by Crippen LogP contribution is -2.87. The van der Waals surface area contributed by atoms with E-state index < -0.39 is 0 Å². The fourth-order valence-electron chi connectivity index (χ4n) is 1.12. The molecule has 0 bridgehead atoms. The second-order valence-electron chi connectivity index (χ2n) is 3.45. The third kappa shape index (κ3) is 3.79. The lowest BCUT2D eigenvalue weighted by Gasteiger charge is -2.07. The van der Waals surface area contributed by atoms with E-state index in [1.807, 2.05) is 12.1 Å². The average Bonchev–Trinajstić information content (AvgIpc) is 2.16. The van der Waals surface area contributed by atoms with Gasteiger partial charge < -0.3 is 5.32 Å². The molecule has 0 saturated heterocycles. The first-order valence-electron chi connectivity index (χ1n) is 4.80.